The van der Waals surface area contributed by atoms with Gasteiger partial charge < -0.3 is 24.5 Å². The fourth-order valence-electron chi connectivity index (χ4n) is 4.46. The van der Waals surface area contributed by atoms with Gasteiger partial charge in [0.1, 0.15) is 23.8 Å². The van der Waals surface area contributed by atoms with Crippen molar-refractivity contribution in [2.45, 2.75) is 66.3 Å². The van der Waals surface area contributed by atoms with E-state index >= 15 is 0 Å². The van der Waals surface area contributed by atoms with Crippen molar-refractivity contribution in [3.63, 3.8) is 0 Å². The number of rotatable bonds is 11. The first-order valence-corrected chi connectivity index (χ1v) is 15.0. The number of nitrogen functional groups attached to an aromatic ring is 1. The second kappa shape index (κ2) is 12.3. The van der Waals surface area contributed by atoms with E-state index in [0.29, 0.717) is 29.2 Å². The number of carbonyl (C=O) groups excluding carboxylic acids is 1. The zero-order valence-corrected chi connectivity index (χ0v) is 25.4. The van der Waals surface area contributed by atoms with Crippen LogP contribution >= 0.6 is 7.75 Å². The number of aromatic nitrogens is 4. The average Bonchev–Trinajstić information content (AvgIpc) is 3.43. The van der Waals surface area contributed by atoms with Gasteiger partial charge in [-0.05, 0) is 37.8 Å². The van der Waals surface area contributed by atoms with E-state index in [1.54, 1.807) is 31.2 Å². The van der Waals surface area contributed by atoms with Gasteiger partial charge in [0.15, 0.2) is 11.2 Å². The second-order valence-corrected chi connectivity index (χ2v) is 13.1. The van der Waals surface area contributed by atoms with Gasteiger partial charge in [0.25, 0.3) is 0 Å². The Morgan fingerprint density at radius 1 is 1.24 bits per heavy atom. The molecule has 13 nitrogen and oxygen atoms in total. The number of hydrogen-bond donors (Lipinski definition) is 2. The molecule has 1 aliphatic heterocycles. The maximum atomic E-state index is 13.9. The number of hydrogen-bond acceptors (Lipinski definition) is 11. The SMILES string of the molecule is COc1nc(N)nc2c1nc(C)n2C1OC(COP(=O)(NC(C)C(=O)OCC(C)(C)C)Oc2ccccc2)C[C@@H]1C. The number of ether oxygens (including phenoxy) is 3. The summed E-state index contributed by atoms with van der Waals surface area (Å²) in [6, 6.07) is 7.65. The van der Waals surface area contributed by atoms with Gasteiger partial charge in [0.2, 0.25) is 11.8 Å². The number of esters is 1. The molecule has 4 rings (SSSR count). The summed E-state index contributed by atoms with van der Waals surface area (Å²) in [5.74, 6) is 0.769. The second-order valence-electron chi connectivity index (χ2n) is 11.4. The lowest BCUT2D eigenvalue weighted by molar-refractivity contribution is -0.148. The molecule has 0 spiro atoms. The predicted octanol–water partition coefficient (Wildman–Crippen LogP) is 4.42. The number of nitrogens with zero attached hydrogens (tertiary/aromatic N) is 4. The minimum absolute atomic E-state index is 0.0237. The average molecular weight is 591 g/mol. The maximum absolute atomic E-state index is 13.9. The molecule has 1 fully saturated rings. The van der Waals surface area contributed by atoms with E-state index in [2.05, 4.69) is 20.0 Å². The van der Waals surface area contributed by atoms with Gasteiger partial charge in [-0.3, -0.25) is 13.9 Å². The van der Waals surface area contributed by atoms with Crippen LogP contribution in [0.5, 0.6) is 11.6 Å². The molecule has 224 valence electrons. The summed E-state index contributed by atoms with van der Waals surface area (Å²) >= 11 is 0. The van der Waals surface area contributed by atoms with Crippen molar-refractivity contribution in [2.24, 2.45) is 11.3 Å². The van der Waals surface area contributed by atoms with Gasteiger partial charge in [0.05, 0.1) is 26.4 Å². The third-order valence-corrected chi connectivity index (χ3v) is 8.00. The molecule has 3 heterocycles. The number of nitrogens with two attached hydrogens (primary N) is 1. The van der Waals surface area contributed by atoms with E-state index in [0.717, 1.165) is 0 Å². The molecule has 0 amide bonds. The Morgan fingerprint density at radius 3 is 2.61 bits per heavy atom. The molecule has 2 aromatic heterocycles. The van der Waals surface area contributed by atoms with Crippen LogP contribution in [0.15, 0.2) is 30.3 Å². The van der Waals surface area contributed by atoms with Gasteiger partial charge >= 0.3 is 13.7 Å². The van der Waals surface area contributed by atoms with Crippen molar-refractivity contribution in [2.75, 3.05) is 26.1 Å². The molecule has 1 aliphatic rings. The highest BCUT2D eigenvalue weighted by atomic mass is 31.2. The number of carbonyl (C=O) groups is 1. The molecular formula is C27H39N6O7P. The largest absolute Gasteiger partial charge is 0.479 e. The first-order chi connectivity index (χ1) is 19.3. The number of fused-ring (bicyclic) bond motifs is 1. The van der Waals surface area contributed by atoms with Gasteiger partial charge in [-0.1, -0.05) is 45.9 Å². The molecular weight excluding hydrogens is 551 g/mol. The van der Waals surface area contributed by atoms with Crippen molar-refractivity contribution in [1.82, 2.24) is 24.6 Å². The number of anilines is 1. The summed E-state index contributed by atoms with van der Waals surface area (Å²) in [6.45, 7) is 11.4. The number of aryl methyl sites for hydroxylation is 1. The van der Waals surface area contributed by atoms with E-state index in [4.69, 9.17) is 29.0 Å². The third kappa shape index (κ3) is 7.53. The number of imidazole rings is 1. The molecule has 41 heavy (non-hydrogen) atoms. The molecule has 5 atom stereocenters. The van der Waals surface area contributed by atoms with Crippen LogP contribution < -0.4 is 20.1 Å². The monoisotopic (exact) mass is 590 g/mol. The van der Waals surface area contributed by atoms with Crippen molar-refractivity contribution in [1.29, 1.82) is 0 Å². The molecule has 3 aromatic rings. The molecule has 0 saturated carbocycles. The maximum Gasteiger partial charge on any atom is 0.459 e. The van der Waals surface area contributed by atoms with Gasteiger partial charge in [-0.15, -0.1) is 0 Å². The van der Waals surface area contributed by atoms with Crippen molar-refractivity contribution in [3.8, 4) is 11.6 Å². The molecule has 0 radical (unpaired) electrons. The van der Waals surface area contributed by atoms with Crippen LogP contribution in [-0.4, -0.2) is 58.0 Å². The van der Waals surface area contributed by atoms with Crippen LogP contribution in [0, 0.1) is 18.3 Å². The van der Waals surface area contributed by atoms with E-state index in [9.17, 15) is 9.36 Å². The normalized spacial score (nSPS) is 21.4. The molecule has 1 saturated heterocycles. The van der Waals surface area contributed by atoms with Crippen LogP contribution in [-0.2, 0) is 23.4 Å². The molecule has 1 aromatic carbocycles. The van der Waals surface area contributed by atoms with Crippen LogP contribution in [0.4, 0.5) is 5.95 Å². The Kier molecular flexibility index (Phi) is 9.22. The van der Waals surface area contributed by atoms with Crippen molar-refractivity contribution < 1.29 is 32.6 Å². The van der Waals surface area contributed by atoms with Gasteiger partial charge in [-0.25, -0.2) is 9.55 Å². The topological polar surface area (TPSA) is 162 Å². The van der Waals surface area contributed by atoms with Crippen LogP contribution in [0.25, 0.3) is 11.2 Å². The molecule has 4 unspecified atom stereocenters. The number of para-hydroxylation sites is 1. The predicted molar refractivity (Wildman–Crippen MR) is 152 cm³/mol. The lowest BCUT2D eigenvalue weighted by Crippen LogP contribution is -2.37. The summed E-state index contributed by atoms with van der Waals surface area (Å²) in [5, 5.41) is 2.73. The Bertz CT molecular complexity index is 1410. The van der Waals surface area contributed by atoms with E-state index in [1.807, 2.05) is 45.3 Å². The van der Waals surface area contributed by atoms with E-state index in [1.165, 1.54) is 7.11 Å². The summed E-state index contributed by atoms with van der Waals surface area (Å²) in [5.41, 5.74) is 6.66. The number of benzene rings is 1. The fourth-order valence-corrected chi connectivity index (χ4v) is 5.98. The smallest absolute Gasteiger partial charge is 0.459 e. The first-order valence-electron chi connectivity index (χ1n) is 13.4. The number of nitrogens with one attached hydrogen (secondary N) is 1. The first kappa shape index (κ1) is 30.7. The highest BCUT2D eigenvalue weighted by Crippen LogP contribution is 2.46. The molecule has 14 heteroatoms. The van der Waals surface area contributed by atoms with E-state index in [-0.39, 0.29) is 36.4 Å². The summed E-state index contributed by atoms with van der Waals surface area (Å²) in [7, 11) is -2.54. The summed E-state index contributed by atoms with van der Waals surface area (Å²) in [4.78, 5) is 25.7. The highest BCUT2D eigenvalue weighted by molar-refractivity contribution is 7.52. The Balaban J connectivity index is 1.49. The van der Waals surface area contributed by atoms with E-state index < -0.39 is 32.1 Å². The lowest BCUT2D eigenvalue weighted by Gasteiger charge is -2.25. The zero-order valence-electron chi connectivity index (χ0n) is 24.5. The Labute approximate surface area is 239 Å². The van der Waals surface area contributed by atoms with Crippen LogP contribution in [0.3, 0.4) is 0 Å². The number of methoxy groups -OCH3 is 1. The van der Waals surface area contributed by atoms with Crippen LogP contribution in [0.1, 0.15) is 53.1 Å². The minimum Gasteiger partial charge on any atom is -0.479 e. The lowest BCUT2D eigenvalue weighted by atomic mass is 9.99. The molecule has 0 aliphatic carbocycles. The van der Waals surface area contributed by atoms with Crippen LogP contribution in [0.2, 0.25) is 0 Å². The van der Waals surface area contributed by atoms with Gasteiger partial charge in [-0.2, -0.15) is 15.1 Å². The quantitative estimate of drug-likeness (QED) is 0.239. The molecule has 3 N–H and O–H groups in total. The van der Waals surface area contributed by atoms with Crippen molar-refractivity contribution in [3.05, 3.63) is 36.2 Å². The van der Waals surface area contributed by atoms with Gasteiger partial charge in [0, 0.05) is 5.92 Å². The highest BCUT2D eigenvalue weighted by Gasteiger charge is 2.39. The minimum atomic E-state index is -4.04. The van der Waals surface area contributed by atoms with Crippen molar-refractivity contribution >= 4 is 30.8 Å². The third-order valence-electron chi connectivity index (χ3n) is 6.35. The zero-order chi connectivity index (χ0) is 29.9. The Hall–Kier alpha value is -3.25. The standard InChI is InChI=1S/C27H39N6O7P/c1-16-13-20(39-24(16)33-18(3)29-21-22(33)30-26(28)31-23(21)36-7)14-38-41(35,40-19-11-9-8-10-12-19)32-17(2)25(34)37-15-27(4,5)6/h8-12,16-17,20,24H,13-15H2,1-7H3,(H,32,35)(H2,28,30,31)/t16-,17?,20?,24?,41?/m0/s1. The Morgan fingerprint density at radius 2 is 1.95 bits per heavy atom. The summed E-state index contributed by atoms with van der Waals surface area (Å²) in [6.07, 6.45) is -0.289. The molecule has 0 bridgehead atoms. The fraction of sp³-hybridized carbons (Fsp3) is 0.556. The summed E-state index contributed by atoms with van der Waals surface area (Å²) < 4.78 is 44.5.